The third-order valence-corrected chi connectivity index (χ3v) is 2.88. The van der Waals surface area contributed by atoms with Crippen molar-refractivity contribution in [3.8, 4) is 6.07 Å². The molecule has 0 bridgehead atoms. The first-order valence-electron chi connectivity index (χ1n) is 6.12. The number of nitrogens with one attached hydrogen (secondary N) is 1. The lowest BCUT2D eigenvalue weighted by molar-refractivity contribution is -0.513. The van der Waals surface area contributed by atoms with E-state index >= 15 is 0 Å². The monoisotopic (exact) mass is 281 g/mol. The Morgan fingerprint density at radius 2 is 1.76 bits per heavy atom. The van der Waals surface area contributed by atoms with Crippen LogP contribution in [0, 0.1) is 21.4 Å². The number of hydrogen-bond acceptors (Lipinski definition) is 4. The van der Waals surface area contributed by atoms with Crippen LogP contribution in [0.15, 0.2) is 54.6 Å². The minimum atomic E-state index is -1.62. The summed E-state index contributed by atoms with van der Waals surface area (Å²) >= 11 is 0. The maximum Gasteiger partial charge on any atom is 0.316 e. The fraction of sp³-hybridized carbons (Fsp3) is 0.0667. The van der Waals surface area contributed by atoms with Gasteiger partial charge in [-0.2, -0.15) is 5.26 Å². The molecule has 0 aromatic heterocycles. The van der Waals surface area contributed by atoms with E-state index in [1.54, 1.807) is 42.5 Å². The Morgan fingerprint density at radius 3 is 2.38 bits per heavy atom. The number of nitro groups is 1. The van der Waals surface area contributed by atoms with E-state index in [1.165, 1.54) is 12.1 Å². The molecule has 0 fully saturated rings. The van der Waals surface area contributed by atoms with Crippen LogP contribution in [0.1, 0.15) is 17.2 Å². The van der Waals surface area contributed by atoms with Crippen molar-refractivity contribution in [1.82, 2.24) is 0 Å². The largest absolute Gasteiger partial charge is 0.320 e. The van der Waals surface area contributed by atoms with E-state index in [0.717, 1.165) is 0 Å². The molecule has 0 aliphatic rings. The minimum Gasteiger partial charge on any atom is -0.320 e. The van der Waals surface area contributed by atoms with E-state index in [2.05, 4.69) is 5.32 Å². The van der Waals surface area contributed by atoms with Crippen LogP contribution < -0.4 is 5.32 Å². The van der Waals surface area contributed by atoms with Gasteiger partial charge in [-0.3, -0.25) is 14.9 Å². The van der Waals surface area contributed by atoms with Gasteiger partial charge in [-0.25, -0.2) is 0 Å². The lowest BCUT2D eigenvalue weighted by Crippen LogP contribution is -2.27. The highest BCUT2D eigenvalue weighted by molar-refractivity contribution is 5.95. The molecule has 6 heteroatoms. The van der Waals surface area contributed by atoms with Gasteiger partial charge in [-0.05, 0) is 18.2 Å². The van der Waals surface area contributed by atoms with Crippen LogP contribution >= 0.6 is 0 Å². The van der Waals surface area contributed by atoms with E-state index in [9.17, 15) is 14.9 Å². The summed E-state index contributed by atoms with van der Waals surface area (Å²) in [5.74, 6) is -0.783. The average molecular weight is 281 g/mol. The van der Waals surface area contributed by atoms with Gasteiger partial charge < -0.3 is 5.32 Å². The molecule has 0 saturated heterocycles. The number of carbonyl (C=O) groups is 1. The van der Waals surface area contributed by atoms with Crippen LogP contribution in [0.3, 0.4) is 0 Å². The number of rotatable bonds is 4. The second-order valence-electron chi connectivity index (χ2n) is 4.24. The highest BCUT2D eigenvalue weighted by Gasteiger charge is 2.33. The van der Waals surface area contributed by atoms with Gasteiger partial charge in [0.1, 0.15) is 0 Å². The van der Waals surface area contributed by atoms with Crippen LogP contribution in [-0.2, 0) is 4.79 Å². The standard InChI is InChI=1S/C15H11N3O3/c16-10-11-6-4-5-9-13(11)14(18(20)21)15(19)17-12-7-2-1-3-8-12/h1-9,14H,(H,17,19). The SMILES string of the molecule is N#Cc1ccccc1C(C(=O)Nc1ccccc1)[N+](=O)[O-]. The molecule has 1 atom stereocenters. The molecule has 6 nitrogen and oxygen atoms in total. The zero-order valence-corrected chi connectivity index (χ0v) is 10.9. The van der Waals surface area contributed by atoms with Crippen molar-refractivity contribution in [2.24, 2.45) is 0 Å². The Morgan fingerprint density at radius 1 is 1.14 bits per heavy atom. The maximum absolute atomic E-state index is 12.2. The fourth-order valence-corrected chi connectivity index (χ4v) is 1.92. The molecule has 1 amide bonds. The first-order valence-corrected chi connectivity index (χ1v) is 6.12. The van der Waals surface area contributed by atoms with Crippen molar-refractivity contribution in [3.05, 3.63) is 75.8 Å². The van der Waals surface area contributed by atoms with Crippen LogP contribution in [0.2, 0.25) is 0 Å². The maximum atomic E-state index is 12.2. The van der Waals surface area contributed by atoms with Gasteiger partial charge in [0.15, 0.2) is 0 Å². The number of benzene rings is 2. The molecule has 0 heterocycles. The molecule has 104 valence electrons. The van der Waals surface area contributed by atoms with Crippen molar-refractivity contribution < 1.29 is 9.72 Å². The Labute approximate surface area is 120 Å². The number of hydrogen-bond donors (Lipinski definition) is 1. The van der Waals surface area contributed by atoms with Crippen LogP contribution in [-0.4, -0.2) is 10.8 Å². The molecule has 1 N–H and O–H groups in total. The minimum absolute atomic E-state index is 0.0819. The molecule has 0 spiro atoms. The molecule has 0 aliphatic heterocycles. The third kappa shape index (κ3) is 3.22. The lowest BCUT2D eigenvalue weighted by Gasteiger charge is -2.11. The summed E-state index contributed by atoms with van der Waals surface area (Å²) in [6.07, 6.45) is 0. The van der Waals surface area contributed by atoms with Gasteiger partial charge in [0, 0.05) is 10.6 Å². The summed E-state index contributed by atoms with van der Waals surface area (Å²) in [6, 6.07) is 14.7. The van der Waals surface area contributed by atoms with Crippen molar-refractivity contribution in [3.63, 3.8) is 0 Å². The highest BCUT2D eigenvalue weighted by Crippen LogP contribution is 2.22. The molecule has 21 heavy (non-hydrogen) atoms. The summed E-state index contributed by atoms with van der Waals surface area (Å²) in [4.78, 5) is 22.7. The van der Waals surface area contributed by atoms with Gasteiger partial charge in [0.25, 0.3) is 0 Å². The number of carbonyl (C=O) groups excluding carboxylic acids is 1. The fourth-order valence-electron chi connectivity index (χ4n) is 1.92. The predicted octanol–water partition coefficient (Wildman–Crippen LogP) is 2.51. The van der Waals surface area contributed by atoms with E-state index in [4.69, 9.17) is 5.26 Å². The molecule has 1 unspecified atom stereocenters. The third-order valence-electron chi connectivity index (χ3n) is 2.88. The van der Waals surface area contributed by atoms with Gasteiger partial charge in [-0.1, -0.05) is 36.4 Å². The highest BCUT2D eigenvalue weighted by atomic mass is 16.6. The van der Waals surface area contributed by atoms with E-state index in [0.29, 0.717) is 5.69 Å². The van der Waals surface area contributed by atoms with Crippen LogP contribution in [0.25, 0.3) is 0 Å². The Bertz CT molecular complexity index is 708. The molecular formula is C15H11N3O3. The Kier molecular flexibility index (Phi) is 4.26. The summed E-state index contributed by atoms with van der Waals surface area (Å²) in [5, 5.41) is 22.7. The number of amides is 1. The number of para-hydroxylation sites is 1. The number of anilines is 1. The first kappa shape index (κ1) is 14.2. The van der Waals surface area contributed by atoms with Gasteiger partial charge in [0.2, 0.25) is 0 Å². The zero-order chi connectivity index (χ0) is 15.2. The van der Waals surface area contributed by atoms with Crippen molar-refractivity contribution in [2.75, 3.05) is 5.32 Å². The van der Waals surface area contributed by atoms with Crippen LogP contribution in [0.4, 0.5) is 5.69 Å². The van der Waals surface area contributed by atoms with E-state index in [-0.39, 0.29) is 11.1 Å². The second kappa shape index (κ2) is 6.30. The molecular weight excluding hydrogens is 270 g/mol. The molecule has 2 aromatic rings. The van der Waals surface area contributed by atoms with E-state index in [1.807, 2.05) is 6.07 Å². The smallest absolute Gasteiger partial charge is 0.316 e. The summed E-state index contributed by atoms with van der Waals surface area (Å²) < 4.78 is 0. The van der Waals surface area contributed by atoms with Gasteiger partial charge >= 0.3 is 11.9 Å². The Hall–Kier alpha value is -3.20. The van der Waals surface area contributed by atoms with E-state index < -0.39 is 16.9 Å². The quantitative estimate of drug-likeness (QED) is 0.687. The predicted molar refractivity (Wildman–Crippen MR) is 76.0 cm³/mol. The molecule has 2 rings (SSSR count). The first-order chi connectivity index (χ1) is 10.1. The zero-order valence-electron chi connectivity index (χ0n) is 10.9. The summed E-state index contributed by atoms with van der Waals surface area (Å²) in [5.41, 5.74) is 0.657. The topological polar surface area (TPSA) is 96.0 Å². The van der Waals surface area contributed by atoms with Gasteiger partial charge in [-0.15, -0.1) is 0 Å². The second-order valence-corrected chi connectivity index (χ2v) is 4.24. The molecule has 0 aliphatic carbocycles. The van der Waals surface area contributed by atoms with Crippen LogP contribution in [0.5, 0.6) is 0 Å². The average Bonchev–Trinajstić information content (AvgIpc) is 2.48. The van der Waals surface area contributed by atoms with Crippen molar-refractivity contribution in [2.45, 2.75) is 6.04 Å². The number of nitrogens with zero attached hydrogens (tertiary/aromatic N) is 2. The van der Waals surface area contributed by atoms with Gasteiger partial charge in [0.05, 0.1) is 17.2 Å². The van der Waals surface area contributed by atoms with Crippen molar-refractivity contribution >= 4 is 11.6 Å². The molecule has 0 radical (unpaired) electrons. The summed E-state index contributed by atoms with van der Waals surface area (Å²) in [6.45, 7) is 0. The number of nitriles is 1. The molecule has 2 aromatic carbocycles. The Balaban J connectivity index is 2.34. The summed E-state index contributed by atoms with van der Waals surface area (Å²) in [7, 11) is 0. The normalized spacial score (nSPS) is 11.2. The van der Waals surface area contributed by atoms with Crippen molar-refractivity contribution in [1.29, 1.82) is 5.26 Å². The molecule has 0 saturated carbocycles. The lowest BCUT2D eigenvalue weighted by atomic mass is 10.0.